The lowest BCUT2D eigenvalue weighted by Crippen LogP contribution is -2.37. The molecule has 1 fully saturated rings. The van der Waals surface area contributed by atoms with E-state index in [1.807, 2.05) is 0 Å². The van der Waals surface area contributed by atoms with Crippen LogP contribution in [0.3, 0.4) is 0 Å². The summed E-state index contributed by atoms with van der Waals surface area (Å²) in [7, 11) is 4.26. The molecule has 5 heteroatoms. The molecule has 4 nitrogen and oxygen atoms in total. The van der Waals surface area contributed by atoms with Crippen LogP contribution in [-0.2, 0) is 0 Å². The summed E-state index contributed by atoms with van der Waals surface area (Å²) in [6.07, 6.45) is 7.74. The van der Waals surface area contributed by atoms with E-state index < -0.39 is 0 Å². The van der Waals surface area contributed by atoms with Gasteiger partial charge in [-0.1, -0.05) is 26.2 Å². The Kier molecular flexibility index (Phi) is 10.7. The molecule has 1 rings (SSSR count). The number of likely N-dealkylation sites (N-methyl/N-ethyl adjacent to an activating group) is 1. The van der Waals surface area contributed by atoms with E-state index in [2.05, 4.69) is 36.2 Å². The van der Waals surface area contributed by atoms with Crippen molar-refractivity contribution in [3.63, 3.8) is 0 Å². The normalized spacial score (nSPS) is 17.2. The number of hydrogen-bond donors (Lipinski definition) is 2. The first-order chi connectivity index (χ1) is 8.65. The Bertz CT molecular complexity index is 250. The monoisotopic (exact) mass is 382 g/mol. The Morgan fingerprint density at radius 1 is 1.32 bits per heavy atom. The highest BCUT2D eigenvalue weighted by atomic mass is 127. The molecule has 0 aromatic carbocycles. The van der Waals surface area contributed by atoms with Gasteiger partial charge in [0.1, 0.15) is 0 Å². The highest BCUT2D eigenvalue weighted by Crippen LogP contribution is 2.34. The molecule has 114 valence electrons. The molecule has 3 N–H and O–H groups in total. The summed E-state index contributed by atoms with van der Waals surface area (Å²) in [5.41, 5.74) is 5.88. The molecule has 1 aliphatic carbocycles. The fourth-order valence-electron chi connectivity index (χ4n) is 2.23. The van der Waals surface area contributed by atoms with Crippen molar-refractivity contribution in [3.8, 4) is 0 Å². The standard InChI is InChI=1S/C14H30N4.HI/c1-4-5-6-7-10-16-14(15)17-11-13(18(2)3)12-8-9-12;/h12-13H,4-11H2,1-3H3,(H3,15,16,17);1H. The van der Waals surface area contributed by atoms with Crippen LogP contribution in [0.4, 0.5) is 0 Å². The van der Waals surface area contributed by atoms with Crippen molar-refractivity contribution in [2.45, 2.75) is 51.5 Å². The van der Waals surface area contributed by atoms with Gasteiger partial charge < -0.3 is 16.0 Å². The number of aliphatic imine (C=N–C) groups is 1. The first kappa shape index (κ1) is 19.0. The largest absolute Gasteiger partial charge is 0.370 e. The number of nitrogens with zero attached hydrogens (tertiary/aromatic N) is 2. The third-order valence-electron chi connectivity index (χ3n) is 3.61. The van der Waals surface area contributed by atoms with Gasteiger partial charge in [-0.15, -0.1) is 24.0 Å². The van der Waals surface area contributed by atoms with Crippen LogP contribution in [0.25, 0.3) is 0 Å². The van der Waals surface area contributed by atoms with Crippen molar-refractivity contribution < 1.29 is 0 Å². The van der Waals surface area contributed by atoms with Gasteiger partial charge in [0, 0.05) is 12.6 Å². The lowest BCUT2D eigenvalue weighted by molar-refractivity contribution is 0.271. The van der Waals surface area contributed by atoms with Crippen LogP contribution in [0.1, 0.15) is 45.4 Å². The molecule has 1 saturated carbocycles. The van der Waals surface area contributed by atoms with E-state index in [1.54, 1.807) is 0 Å². The van der Waals surface area contributed by atoms with E-state index in [-0.39, 0.29) is 24.0 Å². The zero-order chi connectivity index (χ0) is 13.4. The zero-order valence-electron chi connectivity index (χ0n) is 12.7. The van der Waals surface area contributed by atoms with Gasteiger partial charge in [-0.25, -0.2) is 0 Å². The van der Waals surface area contributed by atoms with Crippen molar-refractivity contribution in [1.82, 2.24) is 10.2 Å². The minimum Gasteiger partial charge on any atom is -0.370 e. The maximum atomic E-state index is 5.88. The second-order valence-electron chi connectivity index (χ2n) is 5.58. The Morgan fingerprint density at radius 3 is 2.53 bits per heavy atom. The van der Waals surface area contributed by atoms with Crippen molar-refractivity contribution >= 4 is 29.9 Å². The van der Waals surface area contributed by atoms with Crippen molar-refractivity contribution in [2.24, 2.45) is 16.6 Å². The van der Waals surface area contributed by atoms with Crippen LogP contribution in [0.15, 0.2) is 4.99 Å². The average molecular weight is 382 g/mol. The molecule has 1 unspecified atom stereocenters. The van der Waals surface area contributed by atoms with Gasteiger partial charge in [-0.3, -0.25) is 4.99 Å². The highest BCUT2D eigenvalue weighted by Gasteiger charge is 2.32. The van der Waals surface area contributed by atoms with Crippen LogP contribution in [0.5, 0.6) is 0 Å². The third kappa shape index (κ3) is 8.68. The van der Waals surface area contributed by atoms with Crippen LogP contribution in [-0.4, -0.2) is 44.1 Å². The molecular weight excluding hydrogens is 351 g/mol. The molecule has 0 amide bonds. The first-order valence-corrected chi connectivity index (χ1v) is 7.35. The third-order valence-corrected chi connectivity index (χ3v) is 3.61. The van der Waals surface area contributed by atoms with Gasteiger partial charge in [0.05, 0.1) is 6.54 Å². The number of unbranched alkanes of at least 4 members (excludes halogenated alkanes) is 3. The van der Waals surface area contributed by atoms with Gasteiger partial charge in [-0.05, 0) is 39.3 Å². The fraction of sp³-hybridized carbons (Fsp3) is 0.929. The number of rotatable bonds is 9. The van der Waals surface area contributed by atoms with Gasteiger partial charge in [-0.2, -0.15) is 0 Å². The predicted octanol–water partition coefficient (Wildman–Crippen LogP) is 2.43. The van der Waals surface area contributed by atoms with Crippen LogP contribution >= 0.6 is 24.0 Å². The average Bonchev–Trinajstić information content (AvgIpc) is 3.13. The van der Waals surface area contributed by atoms with Crippen molar-refractivity contribution in [2.75, 3.05) is 27.2 Å². The molecule has 0 heterocycles. The molecule has 0 radical (unpaired) electrons. The fourth-order valence-corrected chi connectivity index (χ4v) is 2.23. The summed E-state index contributed by atoms with van der Waals surface area (Å²) in [4.78, 5) is 6.74. The van der Waals surface area contributed by atoms with E-state index in [9.17, 15) is 0 Å². The second kappa shape index (κ2) is 10.7. The molecule has 19 heavy (non-hydrogen) atoms. The molecular formula is C14H31IN4. The van der Waals surface area contributed by atoms with E-state index in [1.165, 1.54) is 38.5 Å². The zero-order valence-corrected chi connectivity index (χ0v) is 15.0. The van der Waals surface area contributed by atoms with Gasteiger partial charge in [0.15, 0.2) is 5.96 Å². The van der Waals surface area contributed by atoms with Gasteiger partial charge >= 0.3 is 0 Å². The topological polar surface area (TPSA) is 53.6 Å². The van der Waals surface area contributed by atoms with Crippen LogP contribution < -0.4 is 11.1 Å². The number of hydrogen-bond acceptors (Lipinski definition) is 2. The SMILES string of the molecule is CCCCCCNC(N)=NCC(C1CC1)N(C)C.I. The van der Waals surface area contributed by atoms with Crippen LogP contribution in [0.2, 0.25) is 0 Å². The Labute approximate surface area is 135 Å². The minimum atomic E-state index is 0. The minimum absolute atomic E-state index is 0. The number of halogens is 1. The Balaban J connectivity index is 0.00000324. The second-order valence-corrected chi connectivity index (χ2v) is 5.58. The number of guanidine groups is 1. The van der Waals surface area contributed by atoms with Crippen molar-refractivity contribution in [3.05, 3.63) is 0 Å². The summed E-state index contributed by atoms with van der Waals surface area (Å²) >= 11 is 0. The van der Waals surface area contributed by atoms with Crippen LogP contribution in [0, 0.1) is 5.92 Å². The summed E-state index contributed by atoms with van der Waals surface area (Å²) in [6.45, 7) is 4.00. The summed E-state index contributed by atoms with van der Waals surface area (Å²) < 4.78 is 0. The van der Waals surface area contributed by atoms with Gasteiger partial charge in [0.2, 0.25) is 0 Å². The Hall–Kier alpha value is -0.0400. The number of nitrogens with two attached hydrogens (primary N) is 1. The molecule has 1 aliphatic rings. The van der Waals surface area contributed by atoms with E-state index in [0.717, 1.165) is 19.0 Å². The maximum Gasteiger partial charge on any atom is 0.188 e. The van der Waals surface area contributed by atoms with Crippen molar-refractivity contribution in [1.29, 1.82) is 0 Å². The maximum absolute atomic E-state index is 5.88. The molecule has 0 aromatic rings. The first-order valence-electron chi connectivity index (χ1n) is 7.35. The number of nitrogens with one attached hydrogen (secondary N) is 1. The summed E-state index contributed by atoms with van der Waals surface area (Å²) in [5, 5.41) is 3.20. The lowest BCUT2D eigenvalue weighted by atomic mass is 10.2. The van der Waals surface area contributed by atoms with E-state index >= 15 is 0 Å². The smallest absolute Gasteiger partial charge is 0.188 e. The lowest BCUT2D eigenvalue weighted by Gasteiger charge is -2.22. The van der Waals surface area contributed by atoms with E-state index in [4.69, 9.17) is 5.73 Å². The van der Waals surface area contributed by atoms with E-state index in [0.29, 0.717) is 12.0 Å². The molecule has 0 aliphatic heterocycles. The summed E-state index contributed by atoms with van der Waals surface area (Å²) in [5.74, 6) is 1.44. The molecule has 0 saturated heterocycles. The molecule has 1 atom stereocenters. The quantitative estimate of drug-likeness (QED) is 0.279. The van der Waals surface area contributed by atoms with Gasteiger partial charge in [0.25, 0.3) is 0 Å². The molecule has 0 bridgehead atoms. The highest BCUT2D eigenvalue weighted by molar-refractivity contribution is 14.0. The molecule has 0 spiro atoms. The predicted molar refractivity (Wildman–Crippen MR) is 94.2 cm³/mol. The molecule has 0 aromatic heterocycles. The Morgan fingerprint density at radius 2 is 2.00 bits per heavy atom. The summed E-state index contributed by atoms with van der Waals surface area (Å²) in [6, 6.07) is 0.561.